The monoisotopic (exact) mass is 326 g/mol. The van der Waals surface area contributed by atoms with Gasteiger partial charge in [0.05, 0.1) is 18.3 Å². The molecule has 0 amide bonds. The number of benzene rings is 1. The van der Waals surface area contributed by atoms with Gasteiger partial charge in [0.25, 0.3) is 0 Å². The Balaban J connectivity index is 1.71. The van der Waals surface area contributed by atoms with Gasteiger partial charge in [-0.2, -0.15) is 0 Å². The van der Waals surface area contributed by atoms with Crippen LogP contribution in [0, 0.1) is 5.92 Å². The second-order valence-corrected chi connectivity index (χ2v) is 7.31. The standard InChI is InChI=1S/C17H20Cl2O2/c1-11(2)17-7-6-16(3,21-17)15(9-17)20-10-12-4-5-13(18)8-14(12)19/h4-8,11,15H,9-10H2,1-3H3/t15-,16+,17-/m0/s1. The predicted octanol–water partition coefficient (Wildman–Crippen LogP) is 5.02. The molecular formula is C17H20Cl2O2. The molecule has 0 spiro atoms. The van der Waals surface area contributed by atoms with E-state index in [1.807, 2.05) is 12.1 Å². The lowest BCUT2D eigenvalue weighted by molar-refractivity contribution is -0.0820. The van der Waals surface area contributed by atoms with E-state index in [4.69, 9.17) is 32.7 Å². The van der Waals surface area contributed by atoms with Gasteiger partial charge < -0.3 is 9.47 Å². The summed E-state index contributed by atoms with van der Waals surface area (Å²) in [5, 5.41) is 1.28. The number of hydrogen-bond donors (Lipinski definition) is 0. The zero-order valence-electron chi connectivity index (χ0n) is 12.5. The second-order valence-electron chi connectivity index (χ2n) is 6.47. The molecule has 21 heavy (non-hydrogen) atoms. The van der Waals surface area contributed by atoms with Gasteiger partial charge in [-0.1, -0.05) is 55.3 Å². The van der Waals surface area contributed by atoms with E-state index in [-0.39, 0.29) is 17.3 Å². The summed E-state index contributed by atoms with van der Waals surface area (Å²) < 4.78 is 12.4. The van der Waals surface area contributed by atoms with Crippen molar-refractivity contribution in [1.82, 2.24) is 0 Å². The number of rotatable bonds is 4. The Morgan fingerprint density at radius 3 is 2.71 bits per heavy atom. The van der Waals surface area contributed by atoms with E-state index in [2.05, 4.69) is 32.9 Å². The van der Waals surface area contributed by atoms with Crippen molar-refractivity contribution in [1.29, 1.82) is 0 Å². The maximum absolute atomic E-state index is 6.27. The molecule has 3 rings (SSSR count). The molecule has 2 aliphatic heterocycles. The highest BCUT2D eigenvalue weighted by Gasteiger charge is 2.57. The molecule has 114 valence electrons. The maximum Gasteiger partial charge on any atom is 0.111 e. The first-order valence-electron chi connectivity index (χ1n) is 7.31. The van der Waals surface area contributed by atoms with Crippen LogP contribution in [0.4, 0.5) is 0 Å². The minimum absolute atomic E-state index is 0.0524. The molecule has 1 fully saturated rings. The molecule has 0 saturated carbocycles. The Kier molecular flexibility index (Phi) is 3.86. The zero-order valence-corrected chi connectivity index (χ0v) is 14.0. The van der Waals surface area contributed by atoms with Crippen molar-refractivity contribution in [3.63, 3.8) is 0 Å². The Labute approximate surface area is 136 Å². The number of hydrogen-bond acceptors (Lipinski definition) is 2. The molecule has 0 unspecified atom stereocenters. The van der Waals surface area contributed by atoms with Crippen LogP contribution < -0.4 is 0 Å². The summed E-state index contributed by atoms with van der Waals surface area (Å²) in [7, 11) is 0. The van der Waals surface area contributed by atoms with Crippen LogP contribution in [0.15, 0.2) is 30.4 Å². The van der Waals surface area contributed by atoms with Gasteiger partial charge in [-0.05, 0) is 30.5 Å². The van der Waals surface area contributed by atoms with E-state index >= 15 is 0 Å². The smallest absolute Gasteiger partial charge is 0.111 e. The maximum atomic E-state index is 6.27. The minimum Gasteiger partial charge on any atom is -0.370 e. The molecule has 0 N–H and O–H groups in total. The van der Waals surface area contributed by atoms with E-state index < -0.39 is 0 Å². The van der Waals surface area contributed by atoms with Crippen LogP contribution >= 0.6 is 23.2 Å². The van der Waals surface area contributed by atoms with Crippen molar-refractivity contribution in [2.45, 2.75) is 51.1 Å². The summed E-state index contributed by atoms with van der Waals surface area (Å²) in [4.78, 5) is 0. The van der Waals surface area contributed by atoms with E-state index in [1.165, 1.54) is 0 Å². The van der Waals surface area contributed by atoms with Gasteiger partial charge in [0.1, 0.15) is 5.60 Å². The summed E-state index contributed by atoms with van der Waals surface area (Å²) in [5.74, 6) is 0.434. The molecule has 0 radical (unpaired) electrons. The molecule has 1 aromatic rings. The van der Waals surface area contributed by atoms with Crippen molar-refractivity contribution in [2.75, 3.05) is 0 Å². The molecule has 1 aromatic carbocycles. The fraction of sp³-hybridized carbons (Fsp3) is 0.529. The molecule has 0 aliphatic carbocycles. The van der Waals surface area contributed by atoms with E-state index in [1.54, 1.807) is 6.07 Å². The van der Waals surface area contributed by atoms with Crippen LogP contribution in [0.2, 0.25) is 10.0 Å². The molecule has 3 atom stereocenters. The zero-order chi connectivity index (χ0) is 15.3. The Morgan fingerprint density at radius 2 is 2.10 bits per heavy atom. The van der Waals surface area contributed by atoms with Gasteiger partial charge in [-0.15, -0.1) is 0 Å². The van der Waals surface area contributed by atoms with Gasteiger partial charge in [0.2, 0.25) is 0 Å². The van der Waals surface area contributed by atoms with Crippen molar-refractivity contribution >= 4 is 23.2 Å². The normalized spacial score (nSPS) is 34.1. The topological polar surface area (TPSA) is 18.5 Å². The minimum atomic E-state index is -0.330. The van der Waals surface area contributed by atoms with Crippen LogP contribution in [0.25, 0.3) is 0 Å². The van der Waals surface area contributed by atoms with Gasteiger partial charge in [-0.3, -0.25) is 0 Å². The van der Waals surface area contributed by atoms with E-state index in [0.29, 0.717) is 22.6 Å². The number of fused-ring (bicyclic) bond motifs is 2. The first kappa shape index (κ1) is 15.4. The molecule has 1 saturated heterocycles. The third-order valence-corrected chi connectivity index (χ3v) is 5.27. The van der Waals surface area contributed by atoms with Crippen molar-refractivity contribution in [3.05, 3.63) is 46.0 Å². The van der Waals surface area contributed by atoms with Gasteiger partial charge in [-0.25, -0.2) is 0 Å². The fourth-order valence-electron chi connectivity index (χ4n) is 3.16. The van der Waals surface area contributed by atoms with Crippen molar-refractivity contribution in [3.8, 4) is 0 Å². The van der Waals surface area contributed by atoms with Gasteiger partial charge >= 0.3 is 0 Å². The molecule has 2 bridgehead atoms. The molecule has 4 heteroatoms. The van der Waals surface area contributed by atoms with Crippen LogP contribution in [-0.2, 0) is 16.1 Å². The molecule has 2 aliphatic rings. The summed E-state index contributed by atoms with van der Waals surface area (Å²) in [6.07, 6.45) is 5.29. The predicted molar refractivity (Wildman–Crippen MR) is 85.9 cm³/mol. The van der Waals surface area contributed by atoms with Gasteiger partial charge in [0.15, 0.2) is 0 Å². The number of halogens is 2. The highest BCUT2D eigenvalue weighted by atomic mass is 35.5. The first-order chi connectivity index (χ1) is 9.85. The lowest BCUT2D eigenvalue weighted by Gasteiger charge is -2.27. The third-order valence-electron chi connectivity index (χ3n) is 4.68. The van der Waals surface area contributed by atoms with Crippen molar-refractivity contribution < 1.29 is 9.47 Å². The number of ether oxygens (including phenoxy) is 2. The lowest BCUT2D eigenvalue weighted by atomic mass is 9.81. The van der Waals surface area contributed by atoms with E-state index in [9.17, 15) is 0 Å². The largest absolute Gasteiger partial charge is 0.370 e. The highest BCUT2D eigenvalue weighted by molar-refractivity contribution is 6.35. The third kappa shape index (κ3) is 2.63. The van der Waals surface area contributed by atoms with Crippen LogP contribution in [-0.4, -0.2) is 17.3 Å². The summed E-state index contributed by atoms with van der Waals surface area (Å²) in [6, 6.07) is 5.49. The molecule has 0 aromatic heterocycles. The quantitative estimate of drug-likeness (QED) is 0.723. The second kappa shape index (κ2) is 5.27. The summed E-state index contributed by atoms with van der Waals surface area (Å²) >= 11 is 12.1. The van der Waals surface area contributed by atoms with Crippen molar-refractivity contribution in [2.24, 2.45) is 5.92 Å². The lowest BCUT2D eigenvalue weighted by Crippen LogP contribution is -2.35. The summed E-state index contributed by atoms with van der Waals surface area (Å²) in [6.45, 7) is 6.94. The molecule has 2 heterocycles. The van der Waals surface area contributed by atoms with Crippen LogP contribution in [0.1, 0.15) is 32.8 Å². The van der Waals surface area contributed by atoms with E-state index in [0.717, 1.165) is 12.0 Å². The van der Waals surface area contributed by atoms with Crippen LogP contribution in [0.3, 0.4) is 0 Å². The average molecular weight is 327 g/mol. The highest BCUT2D eigenvalue weighted by Crippen LogP contribution is 2.50. The van der Waals surface area contributed by atoms with Gasteiger partial charge in [0, 0.05) is 16.5 Å². The fourth-order valence-corrected chi connectivity index (χ4v) is 3.62. The Morgan fingerprint density at radius 1 is 1.33 bits per heavy atom. The SMILES string of the molecule is CC(C)[C@@]12C=C[C@@](C)(O1)[C@@H](OCc1ccc(Cl)cc1Cl)C2. The average Bonchev–Trinajstić information content (AvgIpc) is 2.90. The molecule has 2 nitrogen and oxygen atoms in total. The first-order valence-corrected chi connectivity index (χ1v) is 8.06. The Bertz CT molecular complexity index is 584. The summed E-state index contributed by atoms with van der Waals surface area (Å²) in [5.41, 5.74) is 0.446. The molecular weight excluding hydrogens is 307 g/mol. The Hall–Kier alpha value is -0.540. The van der Waals surface area contributed by atoms with Crippen LogP contribution in [0.5, 0.6) is 0 Å².